The number of methoxy groups -OCH3 is 1. The maximum absolute atomic E-state index is 9.62. The van der Waals surface area contributed by atoms with Crippen LogP contribution in [0, 0.1) is 0 Å². The van der Waals surface area contributed by atoms with Crippen molar-refractivity contribution in [3.8, 4) is 5.88 Å². The second-order valence-corrected chi connectivity index (χ2v) is 6.10. The summed E-state index contributed by atoms with van der Waals surface area (Å²) in [6.45, 7) is 7.80. The molecule has 1 N–H and O–H groups in total. The lowest BCUT2D eigenvalue weighted by Gasteiger charge is -2.32. The van der Waals surface area contributed by atoms with E-state index in [2.05, 4.69) is 4.98 Å². The van der Waals surface area contributed by atoms with Crippen LogP contribution in [0.4, 0.5) is 0 Å². The first kappa shape index (κ1) is 16.0. The minimum absolute atomic E-state index is 0.136. The largest absolute Gasteiger partial charge is 0.492 e. The predicted molar refractivity (Wildman–Crippen MR) is 81.9 cm³/mol. The lowest BCUT2D eigenvalue weighted by molar-refractivity contribution is 0.00578. The molecule has 0 amide bonds. The topological polar surface area (TPSA) is 60.8 Å². The lowest BCUT2D eigenvalue weighted by Crippen LogP contribution is -2.41. The van der Waals surface area contributed by atoms with Gasteiger partial charge in [0.1, 0.15) is 0 Å². The molecule has 0 aliphatic carbocycles. The molecule has 0 radical (unpaired) electrons. The molecule has 0 atom stereocenters. The first-order valence-electron chi connectivity index (χ1n) is 6.96. The van der Waals surface area contributed by atoms with Gasteiger partial charge in [-0.2, -0.15) is 0 Å². The number of pyridine rings is 1. The molecule has 1 aliphatic heterocycles. The van der Waals surface area contributed by atoms with E-state index in [1.54, 1.807) is 19.4 Å². The fraction of sp³-hybridized carbons (Fsp3) is 0.533. The first-order valence-corrected chi connectivity index (χ1v) is 6.96. The van der Waals surface area contributed by atoms with Gasteiger partial charge in [0.2, 0.25) is 5.88 Å². The standard InChI is InChI=1S/C15H22BNO4/c1-14(2)15(3,4)21-16(20-14)12(10-18)8-11-6-7-13(19-5)17-9-11/h6-9,18H,10H2,1-5H3. The number of aliphatic hydroxyl groups is 1. The van der Waals surface area contributed by atoms with Gasteiger partial charge in [0, 0.05) is 12.3 Å². The summed E-state index contributed by atoms with van der Waals surface area (Å²) < 4.78 is 16.9. The van der Waals surface area contributed by atoms with Crippen LogP contribution in [0.25, 0.3) is 6.08 Å². The highest BCUT2D eigenvalue weighted by Gasteiger charge is 2.52. The quantitative estimate of drug-likeness (QED) is 0.861. The molecule has 0 bridgehead atoms. The number of aliphatic hydroxyl groups excluding tert-OH is 1. The van der Waals surface area contributed by atoms with Crippen molar-refractivity contribution in [1.29, 1.82) is 0 Å². The SMILES string of the molecule is COc1ccc(C=C(CO)B2OC(C)(C)C(C)(C)O2)cn1. The second kappa shape index (κ2) is 5.79. The molecule has 1 aromatic heterocycles. The highest BCUT2D eigenvalue weighted by Crippen LogP contribution is 2.38. The smallest absolute Gasteiger partial charge is 0.481 e. The minimum Gasteiger partial charge on any atom is -0.481 e. The third kappa shape index (κ3) is 3.28. The van der Waals surface area contributed by atoms with E-state index < -0.39 is 18.3 Å². The highest BCUT2D eigenvalue weighted by molar-refractivity contribution is 6.55. The van der Waals surface area contributed by atoms with Crippen LogP contribution in [0.1, 0.15) is 33.3 Å². The molecule has 0 spiro atoms. The van der Waals surface area contributed by atoms with Gasteiger partial charge in [0.05, 0.1) is 24.9 Å². The fourth-order valence-corrected chi connectivity index (χ4v) is 1.99. The Kier molecular flexibility index (Phi) is 4.42. The van der Waals surface area contributed by atoms with Crippen LogP contribution < -0.4 is 4.74 Å². The van der Waals surface area contributed by atoms with Crippen LogP contribution in [0.3, 0.4) is 0 Å². The molecule has 2 heterocycles. The van der Waals surface area contributed by atoms with E-state index in [1.165, 1.54) is 0 Å². The van der Waals surface area contributed by atoms with Crippen LogP contribution in [0.5, 0.6) is 5.88 Å². The van der Waals surface area contributed by atoms with Gasteiger partial charge >= 0.3 is 7.12 Å². The Morgan fingerprint density at radius 1 is 1.29 bits per heavy atom. The molecule has 6 heteroatoms. The summed E-state index contributed by atoms with van der Waals surface area (Å²) in [6, 6.07) is 3.64. The third-order valence-electron chi connectivity index (χ3n) is 4.06. The van der Waals surface area contributed by atoms with Crippen molar-refractivity contribution in [3.05, 3.63) is 29.4 Å². The molecule has 1 fully saturated rings. The molecule has 2 rings (SSSR count). The van der Waals surface area contributed by atoms with E-state index in [0.717, 1.165) is 5.56 Å². The summed E-state index contributed by atoms with van der Waals surface area (Å²) in [7, 11) is 1.02. The van der Waals surface area contributed by atoms with Gasteiger partial charge in [-0.3, -0.25) is 0 Å². The zero-order chi connectivity index (χ0) is 15.7. The van der Waals surface area contributed by atoms with E-state index in [4.69, 9.17) is 14.0 Å². The molecule has 0 aromatic carbocycles. The Hall–Kier alpha value is -1.37. The van der Waals surface area contributed by atoms with Crippen molar-refractivity contribution in [2.75, 3.05) is 13.7 Å². The summed E-state index contributed by atoms with van der Waals surface area (Å²) in [4.78, 5) is 4.14. The van der Waals surface area contributed by atoms with Gasteiger partial charge in [-0.25, -0.2) is 4.98 Å². The van der Waals surface area contributed by atoms with Crippen LogP contribution in [0.2, 0.25) is 0 Å². The molecule has 1 aliphatic rings. The van der Waals surface area contributed by atoms with E-state index in [0.29, 0.717) is 11.4 Å². The Morgan fingerprint density at radius 2 is 1.90 bits per heavy atom. The van der Waals surface area contributed by atoms with Crippen molar-refractivity contribution in [1.82, 2.24) is 4.98 Å². The average molecular weight is 291 g/mol. The summed E-state index contributed by atoms with van der Waals surface area (Å²) in [5.74, 6) is 0.549. The number of hydrogen-bond donors (Lipinski definition) is 1. The van der Waals surface area contributed by atoms with E-state index in [-0.39, 0.29) is 6.61 Å². The molecule has 21 heavy (non-hydrogen) atoms. The number of nitrogens with zero attached hydrogens (tertiary/aromatic N) is 1. The molecular formula is C15H22BNO4. The van der Waals surface area contributed by atoms with Crippen LogP contribution in [-0.2, 0) is 9.31 Å². The highest BCUT2D eigenvalue weighted by atomic mass is 16.7. The fourth-order valence-electron chi connectivity index (χ4n) is 1.99. The molecule has 1 aromatic rings. The molecule has 0 unspecified atom stereocenters. The van der Waals surface area contributed by atoms with E-state index >= 15 is 0 Å². The van der Waals surface area contributed by atoms with Crippen molar-refractivity contribution in [2.45, 2.75) is 38.9 Å². The maximum Gasteiger partial charge on any atom is 0.492 e. The third-order valence-corrected chi connectivity index (χ3v) is 4.06. The Balaban J connectivity index is 2.22. The summed E-state index contributed by atoms with van der Waals surface area (Å²) in [5, 5.41) is 9.62. The van der Waals surface area contributed by atoms with Gasteiger partial charge in [0.15, 0.2) is 0 Å². The second-order valence-electron chi connectivity index (χ2n) is 6.10. The molecule has 5 nitrogen and oxygen atoms in total. The van der Waals surface area contributed by atoms with Crippen molar-refractivity contribution in [3.63, 3.8) is 0 Å². The average Bonchev–Trinajstić information content (AvgIpc) is 2.65. The summed E-state index contributed by atoms with van der Waals surface area (Å²) in [5.41, 5.74) is 0.670. The zero-order valence-electron chi connectivity index (χ0n) is 13.2. The minimum atomic E-state index is -0.554. The van der Waals surface area contributed by atoms with Crippen LogP contribution >= 0.6 is 0 Å². The number of hydrogen-bond acceptors (Lipinski definition) is 5. The lowest BCUT2D eigenvalue weighted by atomic mass is 9.77. The monoisotopic (exact) mass is 291 g/mol. The zero-order valence-corrected chi connectivity index (χ0v) is 13.2. The van der Waals surface area contributed by atoms with Crippen molar-refractivity contribution < 1.29 is 19.2 Å². The number of rotatable bonds is 4. The number of aromatic nitrogens is 1. The van der Waals surface area contributed by atoms with E-state index in [1.807, 2.05) is 39.8 Å². The normalized spacial score (nSPS) is 20.7. The van der Waals surface area contributed by atoms with Crippen LogP contribution in [-0.4, -0.2) is 42.1 Å². The predicted octanol–water partition coefficient (Wildman–Crippen LogP) is 2.10. The Morgan fingerprint density at radius 3 is 2.33 bits per heavy atom. The Labute approximate surface area is 126 Å². The van der Waals surface area contributed by atoms with Gasteiger partial charge < -0.3 is 19.2 Å². The van der Waals surface area contributed by atoms with Crippen molar-refractivity contribution >= 4 is 13.2 Å². The molecule has 114 valence electrons. The van der Waals surface area contributed by atoms with Crippen molar-refractivity contribution in [2.24, 2.45) is 0 Å². The van der Waals surface area contributed by atoms with Gasteiger partial charge in [-0.05, 0) is 44.8 Å². The molecule has 1 saturated heterocycles. The molecule has 0 saturated carbocycles. The Bertz CT molecular complexity index is 509. The van der Waals surface area contributed by atoms with Gasteiger partial charge in [0.25, 0.3) is 0 Å². The summed E-state index contributed by atoms with van der Waals surface area (Å²) in [6.07, 6.45) is 3.51. The first-order chi connectivity index (χ1) is 9.79. The van der Waals surface area contributed by atoms with Crippen LogP contribution in [0.15, 0.2) is 23.8 Å². The number of ether oxygens (including phenoxy) is 1. The van der Waals surface area contributed by atoms with E-state index in [9.17, 15) is 5.11 Å². The molecular weight excluding hydrogens is 269 g/mol. The summed E-state index contributed by atoms with van der Waals surface area (Å²) >= 11 is 0. The maximum atomic E-state index is 9.62. The van der Waals surface area contributed by atoms with Gasteiger partial charge in [-0.1, -0.05) is 6.08 Å². The van der Waals surface area contributed by atoms with Gasteiger partial charge in [-0.15, -0.1) is 0 Å².